The Kier molecular flexibility index (Phi) is 3.71. The molecular weight excluding hydrogens is 204 g/mol. The van der Waals surface area contributed by atoms with Crippen molar-refractivity contribution in [3.8, 4) is 0 Å². The van der Waals surface area contributed by atoms with E-state index >= 15 is 0 Å². The average molecular weight is 222 g/mol. The van der Waals surface area contributed by atoms with Gasteiger partial charge in [-0.05, 0) is 12.0 Å². The van der Waals surface area contributed by atoms with Crippen LogP contribution < -0.4 is 0 Å². The second-order valence-corrected chi connectivity index (χ2v) is 5.43. The lowest BCUT2D eigenvalue weighted by Crippen LogP contribution is -2.31. The summed E-state index contributed by atoms with van der Waals surface area (Å²) in [6.45, 7) is 4.47. The average Bonchev–Trinajstić information content (AvgIpc) is 2.31. The van der Waals surface area contributed by atoms with Crippen LogP contribution >= 0.6 is 11.8 Å². The molecular formula is C13H18OS. The van der Waals surface area contributed by atoms with E-state index in [0.717, 1.165) is 12.2 Å². The van der Waals surface area contributed by atoms with Gasteiger partial charge in [0.2, 0.25) is 0 Å². The second kappa shape index (κ2) is 5.04. The predicted molar refractivity (Wildman–Crippen MR) is 66.3 cm³/mol. The minimum atomic E-state index is 0.289. The first-order chi connectivity index (χ1) is 7.31. The molecule has 0 aliphatic carbocycles. The van der Waals surface area contributed by atoms with E-state index in [0.29, 0.717) is 11.4 Å². The van der Waals surface area contributed by atoms with Crippen molar-refractivity contribution in [1.29, 1.82) is 0 Å². The van der Waals surface area contributed by atoms with E-state index in [2.05, 4.69) is 44.2 Å². The van der Waals surface area contributed by atoms with Gasteiger partial charge in [0.1, 0.15) is 0 Å². The number of rotatable bonds is 2. The van der Waals surface area contributed by atoms with Gasteiger partial charge in [-0.3, -0.25) is 0 Å². The molecule has 0 N–H and O–H groups in total. The Morgan fingerprint density at radius 3 is 2.73 bits per heavy atom. The van der Waals surface area contributed by atoms with Crippen molar-refractivity contribution in [3.05, 3.63) is 35.9 Å². The maximum atomic E-state index is 6.11. The summed E-state index contributed by atoms with van der Waals surface area (Å²) in [5.74, 6) is 1.08. The Labute approximate surface area is 96.2 Å². The van der Waals surface area contributed by atoms with Crippen molar-refractivity contribution in [2.24, 2.45) is 0 Å². The highest BCUT2D eigenvalue weighted by molar-refractivity contribution is 8.00. The van der Waals surface area contributed by atoms with E-state index in [1.165, 1.54) is 5.56 Å². The second-order valence-electron chi connectivity index (χ2n) is 4.02. The van der Waals surface area contributed by atoms with E-state index in [4.69, 9.17) is 4.74 Å². The van der Waals surface area contributed by atoms with Gasteiger partial charge in [0.05, 0.1) is 12.2 Å². The van der Waals surface area contributed by atoms with E-state index < -0.39 is 0 Å². The maximum absolute atomic E-state index is 6.11. The SMILES string of the molecule is CCC1OC(c2ccccc2)CSC1C. The fourth-order valence-corrected chi connectivity index (χ4v) is 3.20. The number of ether oxygens (including phenoxy) is 1. The van der Waals surface area contributed by atoms with Crippen LogP contribution in [0.25, 0.3) is 0 Å². The van der Waals surface area contributed by atoms with Gasteiger partial charge >= 0.3 is 0 Å². The van der Waals surface area contributed by atoms with Crippen LogP contribution in [-0.2, 0) is 4.74 Å². The van der Waals surface area contributed by atoms with Crippen LogP contribution in [0.5, 0.6) is 0 Å². The molecule has 1 nitrogen and oxygen atoms in total. The van der Waals surface area contributed by atoms with Crippen LogP contribution in [0.4, 0.5) is 0 Å². The molecule has 1 fully saturated rings. The fraction of sp³-hybridized carbons (Fsp3) is 0.538. The van der Waals surface area contributed by atoms with Gasteiger partial charge in [0, 0.05) is 11.0 Å². The smallest absolute Gasteiger partial charge is 0.0919 e. The van der Waals surface area contributed by atoms with Gasteiger partial charge < -0.3 is 4.74 Å². The monoisotopic (exact) mass is 222 g/mol. The molecule has 1 heterocycles. The first-order valence-electron chi connectivity index (χ1n) is 5.63. The molecule has 82 valence electrons. The van der Waals surface area contributed by atoms with Gasteiger partial charge in [-0.25, -0.2) is 0 Å². The van der Waals surface area contributed by atoms with Crippen LogP contribution in [0.3, 0.4) is 0 Å². The standard InChI is InChI=1S/C13H18OS/c1-3-12-10(2)15-9-13(14-12)11-7-5-4-6-8-11/h4-8,10,12-13H,3,9H2,1-2H3. The fourth-order valence-electron chi connectivity index (χ4n) is 1.98. The first-order valence-corrected chi connectivity index (χ1v) is 6.68. The number of thioether (sulfide) groups is 1. The molecule has 1 aliphatic heterocycles. The predicted octanol–water partition coefficient (Wildman–Crippen LogP) is 3.66. The van der Waals surface area contributed by atoms with Crippen LogP contribution in [0.1, 0.15) is 31.9 Å². The van der Waals surface area contributed by atoms with Crippen LogP contribution in [0.2, 0.25) is 0 Å². The van der Waals surface area contributed by atoms with Crippen LogP contribution in [0, 0.1) is 0 Å². The minimum Gasteiger partial charge on any atom is -0.368 e. The third-order valence-corrected chi connectivity index (χ3v) is 4.27. The van der Waals surface area contributed by atoms with E-state index in [1.807, 2.05) is 11.8 Å². The summed E-state index contributed by atoms with van der Waals surface area (Å²) in [4.78, 5) is 0. The molecule has 2 rings (SSSR count). The van der Waals surface area contributed by atoms with Gasteiger partial charge in [0.15, 0.2) is 0 Å². The molecule has 1 saturated heterocycles. The topological polar surface area (TPSA) is 9.23 Å². The van der Waals surface area contributed by atoms with E-state index in [9.17, 15) is 0 Å². The zero-order valence-corrected chi connectivity index (χ0v) is 10.2. The zero-order valence-electron chi connectivity index (χ0n) is 9.35. The van der Waals surface area contributed by atoms with Crippen LogP contribution in [-0.4, -0.2) is 17.1 Å². The lowest BCUT2D eigenvalue weighted by molar-refractivity contribution is -0.00862. The zero-order chi connectivity index (χ0) is 10.7. The van der Waals surface area contributed by atoms with Crippen molar-refractivity contribution in [2.75, 3.05) is 5.75 Å². The van der Waals surface area contributed by atoms with Crippen molar-refractivity contribution < 1.29 is 4.74 Å². The normalized spacial score (nSPS) is 31.5. The van der Waals surface area contributed by atoms with Gasteiger partial charge in [0.25, 0.3) is 0 Å². The Hall–Kier alpha value is -0.470. The number of hydrogen-bond acceptors (Lipinski definition) is 2. The number of benzene rings is 1. The van der Waals surface area contributed by atoms with Crippen molar-refractivity contribution in [1.82, 2.24) is 0 Å². The summed E-state index contributed by atoms with van der Waals surface area (Å²) in [6, 6.07) is 10.5. The number of hydrogen-bond donors (Lipinski definition) is 0. The van der Waals surface area contributed by atoms with Crippen LogP contribution in [0.15, 0.2) is 30.3 Å². The summed E-state index contributed by atoms with van der Waals surface area (Å²) < 4.78 is 6.11. The quantitative estimate of drug-likeness (QED) is 0.755. The molecule has 0 amide bonds. The molecule has 0 radical (unpaired) electrons. The molecule has 2 heteroatoms. The molecule has 3 unspecified atom stereocenters. The third-order valence-electron chi connectivity index (χ3n) is 2.95. The molecule has 1 aromatic carbocycles. The van der Waals surface area contributed by atoms with Gasteiger partial charge in [-0.2, -0.15) is 11.8 Å². The minimum absolute atomic E-state index is 0.289. The van der Waals surface area contributed by atoms with Crippen molar-refractivity contribution >= 4 is 11.8 Å². The lowest BCUT2D eigenvalue weighted by Gasteiger charge is -2.34. The Balaban J connectivity index is 2.06. The summed E-state index contributed by atoms with van der Waals surface area (Å²) in [5, 5.41) is 0.634. The molecule has 1 aliphatic rings. The Bertz CT molecular complexity index is 299. The first kappa shape index (κ1) is 11.0. The molecule has 15 heavy (non-hydrogen) atoms. The Morgan fingerprint density at radius 1 is 1.33 bits per heavy atom. The Morgan fingerprint density at radius 2 is 2.07 bits per heavy atom. The lowest BCUT2D eigenvalue weighted by atomic mass is 10.1. The highest BCUT2D eigenvalue weighted by Crippen LogP contribution is 2.35. The van der Waals surface area contributed by atoms with Crippen molar-refractivity contribution in [2.45, 2.75) is 37.7 Å². The maximum Gasteiger partial charge on any atom is 0.0919 e. The van der Waals surface area contributed by atoms with Gasteiger partial charge in [-0.1, -0.05) is 44.2 Å². The summed E-state index contributed by atoms with van der Waals surface area (Å²) in [5.41, 5.74) is 1.32. The third kappa shape index (κ3) is 2.56. The largest absolute Gasteiger partial charge is 0.368 e. The van der Waals surface area contributed by atoms with Crippen molar-refractivity contribution in [3.63, 3.8) is 0 Å². The van der Waals surface area contributed by atoms with Gasteiger partial charge in [-0.15, -0.1) is 0 Å². The molecule has 0 bridgehead atoms. The summed E-state index contributed by atoms with van der Waals surface area (Å²) in [6.07, 6.45) is 1.81. The summed E-state index contributed by atoms with van der Waals surface area (Å²) in [7, 11) is 0. The van der Waals surface area contributed by atoms with E-state index in [1.54, 1.807) is 0 Å². The summed E-state index contributed by atoms with van der Waals surface area (Å²) >= 11 is 2.03. The molecule has 0 spiro atoms. The molecule has 0 saturated carbocycles. The highest BCUT2D eigenvalue weighted by atomic mass is 32.2. The highest BCUT2D eigenvalue weighted by Gasteiger charge is 2.28. The van der Waals surface area contributed by atoms with E-state index in [-0.39, 0.29) is 6.10 Å². The molecule has 1 aromatic rings. The molecule has 0 aromatic heterocycles. The molecule has 3 atom stereocenters.